The quantitative estimate of drug-likeness (QED) is 0.465. The normalized spacial score (nSPS) is 32.3. The van der Waals surface area contributed by atoms with Crippen LogP contribution in [0.15, 0.2) is 0 Å². The Morgan fingerprint density at radius 1 is 1.41 bits per heavy atom. The van der Waals surface area contributed by atoms with Crippen LogP contribution in [-0.4, -0.2) is 37.1 Å². The van der Waals surface area contributed by atoms with Gasteiger partial charge in [0.2, 0.25) is 0 Å². The molecule has 2 aliphatic carbocycles. The molecule has 0 spiro atoms. The number of aldehydes is 1. The van der Waals surface area contributed by atoms with Crippen molar-refractivity contribution in [2.75, 3.05) is 6.61 Å². The van der Waals surface area contributed by atoms with Gasteiger partial charge in [-0.3, -0.25) is 9.35 Å². The van der Waals surface area contributed by atoms with Crippen molar-refractivity contribution in [1.82, 2.24) is 0 Å². The average molecular weight is 340 g/mol. The lowest BCUT2D eigenvalue weighted by molar-refractivity contribution is -0.169. The molecule has 0 aromatic rings. The van der Waals surface area contributed by atoms with Crippen molar-refractivity contribution in [3.8, 4) is 0 Å². The summed E-state index contributed by atoms with van der Waals surface area (Å²) in [6.45, 7) is -1.72. The van der Waals surface area contributed by atoms with Gasteiger partial charge in [0.15, 0.2) is 6.61 Å². The predicted molar refractivity (Wildman–Crippen MR) is 70.6 cm³/mol. The molecule has 0 aromatic carbocycles. The van der Waals surface area contributed by atoms with Crippen LogP contribution in [0, 0.1) is 17.3 Å². The number of halogens is 2. The highest BCUT2D eigenvalue weighted by molar-refractivity contribution is 7.86. The van der Waals surface area contributed by atoms with E-state index < -0.39 is 33.4 Å². The molecule has 2 aliphatic rings. The fourth-order valence-electron chi connectivity index (χ4n) is 3.64. The molecule has 1 N–H and O–H groups in total. The van der Waals surface area contributed by atoms with Crippen molar-refractivity contribution in [1.29, 1.82) is 0 Å². The molecule has 3 atom stereocenters. The molecule has 2 bridgehead atoms. The molecule has 3 unspecified atom stereocenters. The smallest absolute Gasteiger partial charge is 0.402 e. The van der Waals surface area contributed by atoms with Crippen molar-refractivity contribution in [2.45, 2.75) is 43.8 Å². The van der Waals surface area contributed by atoms with E-state index in [1.54, 1.807) is 0 Å². The van der Waals surface area contributed by atoms with E-state index in [-0.39, 0.29) is 18.3 Å². The molecule has 6 nitrogen and oxygen atoms in total. The van der Waals surface area contributed by atoms with Crippen LogP contribution in [0.1, 0.15) is 38.5 Å². The Morgan fingerprint density at radius 2 is 2.09 bits per heavy atom. The minimum atomic E-state index is -5.63. The molecule has 0 aromatic heterocycles. The van der Waals surface area contributed by atoms with E-state index in [0.717, 1.165) is 19.1 Å². The van der Waals surface area contributed by atoms with Crippen molar-refractivity contribution in [2.24, 2.45) is 17.3 Å². The molecule has 0 heterocycles. The van der Waals surface area contributed by atoms with E-state index in [9.17, 15) is 26.8 Å². The Hall–Kier alpha value is -1.09. The molecule has 2 rings (SSSR count). The Morgan fingerprint density at radius 3 is 2.68 bits per heavy atom. The highest BCUT2D eigenvalue weighted by atomic mass is 32.2. The topological polar surface area (TPSA) is 97.7 Å². The molecular formula is C13H18F2O6S. The van der Waals surface area contributed by atoms with E-state index in [1.165, 1.54) is 0 Å². The van der Waals surface area contributed by atoms with Crippen molar-refractivity contribution in [3.63, 3.8) is 0 Å². The highest BCUT2D eigenvalue weighted by Gasteiger charge is 2.51. The zero-order chi connectivity index (χ0) is 16.6. The standard InChI is InChI=1S/C13H18F2O6S/c14-13(15,22(18,19)20)8-21-11(17)12-3-1-2-9(5-12)4-10(6-12)7-16/h7,9-10H,1-6,8H2,(H,18,19,20). The van der Waals surface area contributed by atoms with Gasteiger partial charge in [0, 0.05) is 5.92 Å². The second-order valence-corrected chi connectivity index (χ2v) is 7.81. The number of hydrogen-bond acceptors (Lipinski definition) is 5. The molecule has 0 aliphatic heterocycles. The first-order chi connectivity index (χ1) is 10.1. The fraction of sp³-hybridized carbons (Fsp3) is 0.846. The summed E-state index contributed by atoms with van der Waals surface area (Å²) in [6.07, 6.45) is 4.20. The molecule has 0 amide bonds. The van der Waals surface area contributed by atoms with Gasteiger partial charge in [-0.05, 0) is 31.6 Å². The summed E-state index contributed by atoms with van der Waals surface area (Å²) in [5, 5.41) is -4.54. The molecule has 9 heteroatoms. The van der Waals surface area contributed by atoms with Crippen molar-refractivity contribution >= 4 is 22.4 Å². The van der Waals surface area contributed by atoms with Crippen molar-refractivity contribution in [3.05, 3.63) is 0 Å². The summed E-state index contributed by atoms with van der Waals surface area (Å²) >= 11 is 0. The van der Waals surface area contributed by atoms with Crippen LogP contribution in [0.3, 0.4) is 0 Å². The Bertz CT molecular complexity index is 561. The summed E-state index contributed by atoms with van der Waals surface area (Å²) < 4.78 is 60.2. The summed E-state index contributed by atoms with van der Waals surface area (Å²) in [4.78, 5) is 23.2. The first kappa shape index (κ1) is 17.3. The van der Waals surface area contributed by atoms with Gasteiger partial charge in [-0.25, -0.2) is 0 Å². The maximum Gasteiger partial charge on any atom is 0.402 e. The minimum Gasteiger partial charge on any atom is -0.458 e. The van der Waals surface area contributed by atoms with Crippen LogP contribution in [0.2, 0.25) is 0 Å². The summed E-state index contributed by atoms with van der Waals surface area (Å²) in [7, 11) is -5.63. The summed E-state index contributed by atoms with van der Waals surface area (Å²) in [5.74, 6) is -1.05. The second-order valence-electron chi connectivity index (χ2n) is 6.27. The monoisotopic (exact) mass is 340 g/mol. The number of hydrogen-bond donors (Lipinski definition) is 1. The van der Waals surface area contributed by atoms with Gasteiger partial charge >= 0.3 is 21.3 Å². The molecule has 0 saturated heterocycles. The third kappa shape index (κ3) is 3.29. The third-order valence-electron chi connectivity index (χ3n) is 4.61. The number of carbonyl (C=O) groups is 2. The number of alkyl halides is 2. The lowest BCUT2D eigenvalue weighted by Crippen LogP contribution is -2.45. The first-order valence-corrected chi connectivity index (χ1v) is 8.51. The Kier molecular flexibility index (Phi) is 4.59. The highest BCUT2D eigenvalue weighted by Crippen LogP contribution is 2.51. The molecule has 0 radical (unpaired) electrons. The zero-order valence-electron chi connectivity index (χ0n) is 11.8. The van der Waals surface area contributed by atoms with E-state index in [2.05, 4.69) is 4.74 Å². The zero-order valence-corrected chi connectivity index (χ0v) is 12.7. The lowest BCUT2D eigenvalue weighted by Gasteiger charge is -2.45. The van der Waals surface area contributed by atoms with Gasteiger partial charge in [-0.1, -0.05) is 12.8 Å². The van der Waals surface area contributed by atoms with Gasteiger partial charge < -0.3 is 9.53 Å². The van der Waals surface area contributed by atoms with E-state index >= 15 is 0 Å². The average Bonchev–Trinajstić information content (AvgIpc) is 2.43. The molecule has 2 fully saturated rings. The lowest BCUT2D eigenvalue weighted by atomic mass is 9.59. The minimum absolute atomic E-state index is 0.173. The van der Waals surface area contributed by atoms with Crippen LogP contribution in [0.5, 0.6) is 0 Å². The third-order valence-corrected chi connectivity index (χ3v) is 5.48. The van der Waals surface area contributed by atoms with Gasteiger partial charge in [-0.2, -0.15) is 17.2 Å². The van der Waals surface area contributed by atoms with Crippen LogP contribution in [0.4, 0.5) is 8.78 Å². The number of rotatable bonds is 5. The van der Waals surface area contributed by atoms with Gasteiger partial charge in [0.25, 0.3) is 0 Å². The number of fused-ring (bicyclic) bond motifs is 2. The number of carbonyl (C=O) groups excluding carboxylic acids is 2. The van der Waals surface area contributed by atoms with Gasteiger partial charge in [0.1, 0.15) is 6.29 Å². The first-order valence-electron chi connectivity index (χ1n) is 7.07. The Labute approximate surface area is 127 Å². The molecule has 22 heavy (non-hydrogen) atoms. The fourth-order valence-corrected chi connectivity index (χ4v) is 3.84. The van der Waals surface area contributed by atoms with Crippen LogP contribution < -0.4 is 0 Å². The summed E-state index contributed by atoms with van der Waals surface area (Å²) in [6, 6.07) is 0. The SMILES string of the molecule is O=CC1CC2CCCC(C(=O)OCC(F)(F)S(=O)(=O)O)(C1)C2. The van der Waals surface area contributed by atoms with Crippen LogP contribution >= 0.6 is 0 Å². The molecule has 2 saturated carbocycles. The van der Waals surface area contributed by atoms with Gasteiger partial charge in [-0.15, -0.1) is 0 Å². The maximum atomic E-state index is 13.1. The molecule has 126 valence electrons. The van der Waals surface area contributed by atoms with Crippen LogP contribution in [-0.2, 0) is 24.4 Å². The van der Waals surface area contributed by atoms with E-state index in [1.807, 2.05) is 0 Å². The Balaban J connectivity index is 2.09. The van der Waals surface area contributed by atoms with Crippen molar-refractivity contribution < 1.29 is 36.1 Å². The summed E-state index contributed by atoms with van der Waals surface area (Å²) in [5.41, 5.74) is -0.998. The van der Waals surface area contributed by atoms with E-state index in [4.69, 9.17) is 4.55 Å². The van der Waals surface area contributed by atoms with E-state index in [0.29, 0.717) is 19.3 Å². The number of esters is 1. The second kappa shape index (κ2) is 5.84. The van der Waals surface area contributed by atoms with Crippen LogP contribution in [0.25, 0.3) is 0 Å². The largest absolute Gasteiger partial charge is 0.458 e. The predicted octanol–water partition coefficient (Wildman–Crippen LogP) is 1.80. The maximum absolute atomic E-state index is 13.1. The molecular weight excluding hydrogens is 322 g/mol. The number of ether oxygens (including phenoxy) is 1. The van der Waals surface area contributed by atoms with Gasteiger partial charge in [0.05, 0.1) is 5.41 Å².